The van der Waals surface area contributed by atoms with Gasteiger partial charge >= 0.3 is 0 Å². The maximum Gasteiger partial charge on any atom is 0.256 e. The second-order valence-corrected chi connectivity index (χ2v) is 8.01. The molecule has 5 heteroatoms. The first-order valence-corrected chi connectivity index (χ1v) is 10.0. The van der Waals surface area contributed by atoms with Crippen LogP contribution in [0.3, 0.4) is 0 Å². The van der Waals surface area contributed by atoms with Gasteiger partial charge < -0.3 is 15.1 Å². The van der Waals surface area contributed by atoms with Gasteiger partial charge in [0.25, 0.3) is 5.91 Å². The number of thiophene rings is 1. The molecule has 4 nitrogen and oxygen atoms in total. The molecule has 0 radical (unpaired) electrons. The highest BCUT2D eigenvalue weighted by molar-refractivity contribution is 7.10. The summed E-state index contributed by atoms with van der Waals surface area (Å²) in [6.45, 7) is 4.32. The lowest BCUT2D eigenvalue weighted by atomic mass is 9.95. The highest BCUT2D eigenvalue weighted by Crippen LogP contribution is 2.30. The lowest BCUT2D eigenvalue weighted by Gasteiger charge is -2.34. The molecule has 132 valence electrons. The minimum Gasteiger partial charge on any atom is -0.369 e. The summed E-state index contributed by atoms with van der Waals surface area (Å²) >= 11 is 1.74. The Balaban J connectivity index is 1.42. The maximum atomic E-state index is 12.6. The van der Waals surface area contributed by atoms with Gasteiger partial charge in [-0.15, -0.1) is 11.3 Å². The predicted octanol–water partition coefficient (Wildman–Crippen LogP) is 3.63. The van der Waals surface area contributed by atoms with Crippen LogP contribution >= 0.6 is 11.3 Å². The summed E-state index contributed by atoms with van der Waals surface area (Å²) in [7, 11) is 2.17. The molecule has 1 aliphatic carbocycles. The maximum absolute atomic E-state index is 12.6. The smallest absolute Gasteiger partial charge is 0.256 e. The molecule has 1 saturated heterocycles. The summed E-state index contributed by atoms with van der Waals surface area (Å²) in [5.74, 6) is 0.0340. The van der Waals surface area contributed by atoms with Crippen molar-refractivity contribution < 1.29 is 4.79 Å². The van der Waals surface area contributed by atoms with E-state index < -0.39 is 0 Å². The lowest BCUT2D eigenvalue weighted by Crippen LogP contribution is -2.44. The van der Waals surface area contributed by atoms with E-state index in [-0.39, 0.29) is 5.91 Å². The van der Waals surface area contributed by atoms with E-state index in [9.17, 15) is 4.79 Å². The number of fused-ring (bicyclic) bond motifs is 1. The Hall–Kier alpha value is -1.85. The monoisotopic (exact) mass is 355 g/mol. The summed E-state index contributed by atoms with van der Waals surface area (Å²) in [5.41, 5.74) is 4.27. The second kappa shape index (κ2) is 7.18. The van der Waals surface area contributed by atoms with Crippen molar-refractivity contribution in [1.82, 2.24) is 4.90 Å². The zero-order valence-electron chi connectivity index (χ0n) is 14.8. The van der Waals surface area contributed by atoms with E-state index in [2.05, 4.69) is 34.3 Å². The molecule has 0 bridgehead atoms. The number of amides is 1. The molecule has 0 unspecified atom stereocenters. The van der Waals surface area contributed by atoms with Crippen LogP contribution in [0.1, 0.15) is 33.6 Å². The van der Waals surface area contributed by atoms with Crippen molar-refractivity contribution in [2.45, 2.75) is 25.7 Å². The molecule has 0 spiro atoms. The molecule has 2 heterocycles. The van der Waals surface area contributed by atoms with Crippen LogP contribution < -0.4 is 10.2 Å². The molecule has 2 aromatic rings. The topological polar surface area (TPSA) is 35.6 Å². The third kappa shape index (κ3) is 3.58. The van der Waals surface area contributed by atoms with Gasteiger partial charge in [0.05, 0.1) is 5.56 Å². The van der Waals surface area contributed by atoms with Gasteiger partial charge in [-0.05, 0) is 62.6 Å². The van der Waals surface area contributed by atoms with E-state index >= 15 is 0 Å². The molecule has 2 aliphatic rings. The summed E-state index contributed by atoms with van der Waals surface area (Å²) in [6, 6.07) is 8.27. The van der Waals surface area contributed by atoms with Crippen molar-refractivity contribution in [2.24, 2.45) is 0 Å². The van der Waals surface area contributed by atoms with Gasteiger partial charge in [-0.25, -0.2) is 0 Å². The van der Waals surface area contributed by atoms with Crippen molar-refractivity contribution in [2.75, 3.05) is 43.4 Å². The van der Waals surface area contributed by atoms with Gasteiger partial charge in [0.15, 0.2) is 0 Å². The SMILES string of the molecule is CN1CCN(c2ccc(NC(=O)c3csc4c3CCCC4)cc2)CC1. The minimum absolute atomic E-state index is 0.0340. The molecule has 25 heavy (non-hydrogen) atoms. The number of carbonyl (C=O) groups excluding carboxylic acids is 1. The highest BCUT2D eigenvalue weighted by atomic mass is 32.1. The van der Waals surface area contributed by atoms with Gasteiger partial charge in [0, 0.05) is 47.8 Å². The Labute approximate surface area is 153 Å². The number of rotatable bonds is 3. The summed E-state index contributed by atoms with van der Waals surface area (Å²) in [5, 5.41) is 5.10. The van der Waals surface area contributed by atoms with Crippen LogP contribution in [-0.4, -0.2) is 44.0 Å². The summed E-state index contributed by atoms with van der Waals surface area (Å²) in [6.07, 6.45) is 4.63. The first-order valence-electron chi connectivity index (χ1n) is 9.15. The van der Waals surface area contributed by atoms with Crippen molar-refractivity contribution in [3.63, 3.8) is 0 Å². The Kier molecular flexibility index (Phi) is 4.77. The van der Waals surface area contributed by atoms with Gasteiger partial charge in [-0.2, -0.15) is 0 Å². The van der Waals surface area contributed by atoms with Crippen LogP contribution in [0, 0.1) is 0 Å². The summed E-state index contributed by atoms with van der Waals surface area (Å²) in [4.78, 5) is 18.8. The van der Waals surface area contributed by atoms with Gasteiger partial charge in [-0.1, -0.05) is 0 Å². The van der Waals surface area contributed by atoms with Gasteiger partial charge in [0.1, 0.15) is 0 Å². The van der Waals surface area contributed by atoms with Crippen molar-refractivity contribution >= 4 is 28.6 Å². The fourth-order valence-corrected chi connectivity index (χ4v) is 4.83. The van der Waals surface area contributed by atoms with Crippen LogP contribution in [0.5, 0.6) is 0 Å². The predicted molar refractivity (Wildman–Crippen MR) is 105 cm³/mol. The average molecular weight is 356 g/mol. The van der Waals surface area contributed by atoms with Crippen molar-refractivity contribution in [3.8, 4) is 0 Å². The number of likely N-dealkylation sites (N-methyl/N-ethyl adjacent to an activating group) is 1. The average Bonchev–Trinajstić information content (AvgIpc) is 3.07. The minimum atomic E-state index is 0.0340. The second-order valence-electron chi connectivity index (χ2n) is 7.05. The fourth-order valence-electron chi connectivity index (χ4n) is 3.70. The third-order valence-corrected chi connectivity index (χ3v) is 6.39. The Morgan fingerprint density at radius 1 is 1.04 bits per heavy atom. The van der Waals surface area contributed by atoms with Gasteiger partial charge in [0.2, 0.25) is 0 Å². The Morgan fingerprint density at radius 2 is 1.76 bits per heavy atom. The molecule has 1 fully saturated rings. The Morgan fingerprint density at radius 3 is 2.52 bits per heavy atom. The zero-order valence-corrected chi connectivity index (χ0v) is 15.6. The van der Waals surface area contributed by atoms with E-state index in [4.69, 9.17) is 0 Å². The molecule has 1 N–H and O–H groups in total. The number of benzene rings is 1. The number of piperazine rings is 1. The van der Waals surface area contributed by atoms with E-state index in [1.165, 1.54) is 29.0 Å². The number of hydrogen-bond donors (Lipinski definition) is 1. The summed E-state index contributed by atoms with van der Waals surface area (Å²) < 4.78 is 0. The zero-order chi connectivity index (χ0) is 17.2. The van der Waals surface area contributed by atoms with Crippen molar-refractivity contribution in [3.05, 3.63) is 45.6 Å². The highest BCUT2D eigenvalue weighted by Gasteiger charge is 2.20. The number of anilines is 2. The molecule has 4 rings (SSSR count). The number of nitrogens with one attached hydrogen (secondary N) is 1. The normalized spacial score (nSPS) is 18.0. The van der Waals surface area contributed by atoms with Crippen LogP contribution in [0.2, 0.25) is 0 Å². The molecular weight excluding hydrogens is 330 g/mol. The van der Waals surface area contributed by atoms with Crippen LogP contribution in [0.4, 0.5) is 11.4 Å². The first kappa shape index (κ1) is 16.6. The van der Waals surface area contributed by atoms with E-state index in [1.54, 1.807) is 11.3 Å². The molecular formula is C20H25N3OS. The third-order valence-electron chi connectivity index (χ3n) is 5.30. The Bertz CT molecular complexity index is 745. The van der Waals surface area contributed by atoms with Crippen molar-refractivity contribution in [1.29, 1.82) is 0 Å². The first-order chi connectivity index (χ1) is 12.2. The fraction of sp³-hybridized carbons (Fsp3) is 0.450. The largest absolute Gasteiger partial charge is 0.369 e. The quantitative estimate of drug-likeness (QED) is 0.913. The van der Waals surface area contributed by atoms with E-state index in [1.807, 2.05) is 17.5 Å². The van der Waals surface area contributed by atoms with Crippen LogP contribution in [0.25, 0.3) is 0 Å². The molecule has 0 atom stereocenters. The molecule has 1 aromatic heterocycles. The number of aryl methyl sites for hydroxylation is 1. The number of carbonyl (C=O) groups is 1. The van der Waals surface area contributed by atoms with E-state index in [0.29, 0.717) is 0 Å². The molecule has 1 aliphatic heterocycles. The van der Waals surface area contributed by atoms with Crippen LogP contribution in [0.15, 0.2) is 29.6 Å². The number of nitrogens with zero attached hydrogens (tertiary/aromatic N) is 2. The molecule has 0 saturated carbocycles. The standard InChI is InChI=1S/C20H25N3OS/c1-22-10-12-23(13-11-22)16-8-6-15(7-9-16)21-20(24)18-14-25-19-5-3-2-4-17(18)19/h6-9,14H,2-5,10-13H2,1H3,(H,21,24). The number of hydrogen-bond acceptors (Lipinski definition) is 4. The molecule has 1 aromatic carbocycles. The van der Waals surface area contributed by atoms with Crippen LogP contribution in [-0.2, 0) is 12.8 Å². The lowest BCUT2D eigenvalue weighted by molar-refractivity contribution is 0.102. The van der Waals surface area contributed by atoms with E-state index in [0.717, 1.165) is 50.3 Å². The van der Waals surface area contributed by atoms with Gasteiger partial charge in [-0.3, -0.25) is 4.79 Å². The molecule has 1 amide bonds.